The van der Waals surface area contributed by atoms with Crippen LogP contribution in [0.3, 0.4) is 0 Å². The first-order chi connectivity index (χ1) is 4.34. The van der Waals surface area contributed by atoms with Crippen LogP contribution in [0.15, 0.2) is 0 Å². The largest absolute Gasteiger partial charge is 0.365 e. The molecule has 0 radical (unpaired) electrons. The van der Waals surface area contributed by atoms with Gasteiger partial charge in [-0.1, -0.05) is 0 Å². The molecule has 0 aromatic heterocycles. The first-order valence-electron chi connectivity index (χ1n) is 3.36. The summed E-state index contributed by atoms with van der Waals surface area (Å²) in [4.78, 5) is 0. The second kappa shape index (κ2) is 3.15. The summed E-state index contributed by atoms with van der Waals surface area (Å²) in [6.07, 6.45) is 2.32. The van der Waals surface area contributed by atoms with E-state index in [0.717, 1.165) is 13.0 Å². The second-order valence-corrected chi connectivity index (χ2v) is 2.42. The number of methoxy groups -OCH3 is 1. The van der Waals surface area contributed by atoms with Crippen LogP contribution < -0.4 is 11.1 Å². The highest BCUT2D eigenvalue weighted by atomic mass is 16.5. The van der Waals surface area contributed by atoms with E-state index in [1.54, 1.807) is 7.11 Å². The van der Waals surface area contributed by atoms with E-state index >= 15 is 0 Å². The van der Waals surface area contributed by atoms with Gasteiger partial charge in [-0.2, -0.15) is 0 Å². The van der Waals surface area contributed by atoms with Crippen molar-refractivity contribution >= 4 is 0 Å². The van der Waals surface area contributed by atoms with E-state index in [4.69, 9.17) is 10.5 Å². The third-order valence-corrected chi connectivity index (χ3v) is 1.70. The van der Waals surface area contributed by atoms with E-state index in [2.05, 4.69) is 5.32 Å². The summed E-state index contributed by atoms with van der Waals surface area (Å²) in [5.41, 5.74) is 5.70. The number of hydrogen-bond acceptors (Lipinski definition) is 3. The van der Waals surface area contributed by atoms with E-state index in [1.807, 2.05) is 0 Å². The smallest absolute Gasteiger partial charge is 0.123 e. The minimum absolute atomic E-state index is 0.0822. The number of rotatable bonds is 1. The zero-order chi connectivity index (χ0) is 6.69. The molecule has 1 heterocycles. The lowest BCUT2D eigenvalue weighted by atomic mass is 10.1. The molecule has 3 N–H and O–H groups in total. The monoisotopic (exact) mass is 130 g/mol. The molecule has 0 spiro atoms. The van der Waals surface area contributed by atoms with Gasteiger partial charge in [-0.15, -0.1) is 0 Å². The summed E-state index contributed by atoms with van der Waals surface area (Å²) in [6.45, 7) is 1.03. The predicted octanol–water partition coefficient (Wildman–Crippen LogP) is -0.330. The molecule has 9 heavy (non-hydrogen) atoms. The molecule has 1 saturated heterocycles. The molecule has 3 nitrogen and oxygen atoms in total. The normalized spacial score (nSPS) is 36.7. The Bertz CT molecular complexity index is 87.1. The number of piperidine rings is 1. The molecule has 3 heteroatoms. The first-order valence-corrected chi connectivity index (χ1v) is 3.36. The van der Waals surface area contributed by atoms with Gasteiger partial charge in [0.2, 0.25) is 0 Å². The van der Waals surface area contributed by atoms with Gasteiger partial charge in [-0.25, -0.2) is 0 Å². The Labute approximate surface area is 55.6 Å². The summed E-state index contributed by atoms with van der Waals surface area (Å²) in [7, 11) is 1.68. The molecule has 1 fully saturated rings. The maximum Gasteiger partial charge on any atom is 0.123 e. The zero-order valence-corrected chi connectivity index (χ0v) is 5.76. The fourth-order valence-electron chi connectivity index (χ4n) is 1.14. The van der Waals surface area contributed by atoms with Crippen LogP contribution in [0.4, 0.5) is 0 Å². The van der Waals surface area contributed by atoms with Crippen molar-refractivity contribution in [3.63, 3.8) is 0 Å². The molecule has 0 aromatic rings. The Hall–Kier alpha value is -0.120. The predicted molar refractivity (Wildman–Crippen MR) is 36.0 cm³/mol. The Kier molecular flexibility index (Phi) is 2.45. The molecular formula is C6H14N2O. The second-order valence-electron chi connectivity index (χ2n) is 2.42. The molecule has 2 unspecified atom stereocenters. The number of ether oxygens (including phenoxy) is 1. The molecule has 2 atom stereocenters. The van der Waals surface area contributed by atoms with Crippen molar-refractivity contribution < 1.29 is 4.74 Å². The van der Waals surface area contributed by atoms with Gasteiger partial charge in [0, 0.05) is 13.2 Å². The average molecular weight is 130 g/mol. The SMILES string of the molecule is COC1NCCCC1N. The summed E-state index contributed by atoms with van der Waals surface area (Å²) in [5.74, 6) is 0. The summed E-state index contributed by atoms with van der Waals surface area (Å²) in [5, 5.41) is 3.17. The number of nitrogens with two attached hydrogens (primary N) is 1. The van der Waals surface area contributed by atoms with Crippen molar-refractivity contribution in [1.29, 1.82) is 0 Å². The van der Waals surface area contributed by atoms with Gasteiger partial charge < -0.3 is 10.5 Å². The van der Waals surface area contributed by atoms with E-state index < -0.39 is 0 Å². The van der Waals surface area contributed by atoms with Gasteiger partial charge in [0.15, 0.2) is 0 Å². The van der Waals surface area contributed by atoms with Crippen LogP contribution in [0.1, 0.15) is 12.8 Å². The van der Waals surface area contributed by atoms with E-state index in [-0.39, 0.29) is 12.3 Å². The lowest BCUT2D eigenvalue weighted by Gasteiger charge is -2.28. The average Bonchev–Trinajstić information content (AvgIpc) is 1.89. The van der Waals surface area contributed by atoms with Gasteiger partial charge in [0.1, 0.15) is 6.23 Å². The first kappa shape index (κ1) is 6.99. The minimum Gasteiger partial charge on any atom is -0.365 e. The molecule has 1 rings (SSSR count). The fourth-order valence-corrected chi connectivity index (χ4v) is 1.14. The maximum absolute atomic E-state index is 5.70. The quantitative estimate of drug-likeness (QED) is 0.511. The highest BCUT2D eigenvalue weighted by Crippen LogP contribution is 2.05. The maximum atomic E-state index is 5.70. The van der Waals surface area contributed by atoms with Gasteiger partial charge in [0.05, 0.1) is 0 Å². The van der Waals surface area contributed by atoms with Gasteiger partial charge in [0.25, 0.3) is 0 Å². The van der Waals surface area contributed by atoms with Crippen molar-refractivity contribution in [2.45, 2.75) is 25.1 Å². The highest BCUT2D eigenvalue weighted by Gasteiger charge is 2.19. The van der Waals surface area contributed by atoms with Crippen molar-refractivity contribution in [3.05, 3.63) is 0 Å². The van der Waals surface area contributed by atoms with Gasteiger partial charge in [-0.3, -0.25) is 5.32 Å². The van der Waals surface area contributed by atoms with Crippen LogP contribution in [-0.2, 0) is 4.74 Å². The van der Waals surface area contributed by atoms with Crippen molar-refractivity contribution in [2.24, 2.45) is 5.73 Å². The molecular weight excluding hydrogens is 116 g/mol. The lowest BCUT2D eigenvalue weighted by molar-refractivity contribution is 0.0364. The van der Waals surface area contributed by atoms with Crippen molar-refractivity contribution in [2.75, 3.05) is 13.7 Å². The Morgan fingerprint density at radius 2 is 2.44 bits per heavy atom. The van der Waals surface area contributed by atoms with E-state index in [9.17, 15) is 0 Å². The third kappa shape index (κ3) is 1.64. The Morgan fingerprint density at radius 3 is 2.89 bits per heavy atom. The Morgan fingerprint density at radius 1 is 1.67 bits per heavy atom. The lowest BCUT2D eigenvalue weighted by Crippen LogP contribution is -2.50. The summed E-state index contributed by atoms with van der Waals surface area (Å²) in [6, 6.07) is 0.184. The molecule has 1 aliphatic rings. The summed E-state index contributed by atoms with van der Waals surface area (Å²) < 4.78 is 5.07. The van der Waals surface area contributed by atoms with E-state index in [1.165, 1.54) is 6.42 Å². The highest BCUT2D eigenvalue weighted by molar-refractivity contribution is 4.76. The molecule has 0 aromatic carbocycles. The molecule has 0 bridgehead atoms. The number of nitrogens with one attached hydrogen (secondary N) is 1. The molecule has 54 valence electrons. The van der Waals surface area contributed by atoms with E-state index in [0.29, 0.717) is 0 Å². The minimum atomic E-state index is 0.0822. The van der Waals surface area contributed by atoms with Crippen molar-refractivity contribution in [1.82, 2.24) is 5.32 Å². The molecule has 0 amide bonds. The molecule has 0 aliphatic carbocycles. The van der Waals surface area contributed by atoms with Crippen LogP contribution in [0, 0.1) is 0 Å². The zero-order valence-electron chi connectivity index (χ0n) is 5.76. The Balaban J connectivity index is 2.30. The van der Waals surface area contributed by atoms with Crippen LogP contribution in [0.5, 0.6) is 0 Å². The topological polar surface area (TPSA) is 47.3 Å². The van der Waals surface area contributed by atoms with Crippen LogP contribution in [0.2, 0.25) is 0 Å². The summed E-state index contributed by atoms with van der Waals surface area (Å²) >= 11 is 0. The third-order valence-electron chi connectivity index (χ3n) is 1.70. The van der Waals surface area contributed by atoms with Crippen molar-refractivity contribution in [3.8, 4) is 0 Å². The standard InChI is InChI=1S/C6H14N2O/c1-9-6-5(7)3-2-4-8-6/h5-6,8H,2-4,7H2,1H3. The van der Waals surface area contributed by atoms with Gasteiger partial charge >= 0.3 is 0 Å². The fraction of sp³-hybridized carbons (Fsp3) is 1.00. The number of hydrogen-bond donors (Lipinski definition) is 2. The molecule has 1 aliphatic heterocycles. The van der Waals surface area contributed by atoms with Crippen LogP contribution in [-0.4, -0.2) is 25.9 Å². The van der Waals surface area contributed by atoms with Crippen LogP contribution in [0.25, 0.3) is 0 Å². The molecule has 0 saturated carbocycles. The van der Waals surface area contributed by atoms with Gasteiger partial charge in [-0.05, 0) is 19.4 Å². The van der Waals surface area contributed by atoms with Crippen LogP contribution >= 0.6 is 0 Å².